The van der Waals surface area contributed by atoms with E-state index in [4.69, 9.17) is 10.00 Å². The second-order valence-corrected chi connectivity index (χ2v) is 3.33. The van der Waals surface area contributed by atoms with Crippen molar-refractivity contribution in [1.29, 1.82) is 5.26 Å². The van der Waals surface area contributed by atoms with Gasteiger partial charge in [-0.05, 0) is 12.1 Å². The summed E-state index contributed by atoms with van der Waals surface area (Å²) in [6.45, 7) is -0.733. The lowest BCUT2D eigenvalue weighted by atomic mass is 10.1. The lowest BCUT2D eigenvalue weighted by molar-refractivity contribution is 0.0825. The molecule has 0 fully saturated rings. The van der Waals surface area contributed by atoms with Gasteiger partial charge in [-0.15, -0.1) is 0 Å². The Bertz CT molecular complexity index is 578. The molecule has 0 bridgehead atoms. The van der Waals surface area contributed by atoms with Crippen LogP contribution in [0.15, 0.2) is 30.5 Å². The van der Waals surface area contributed by atoms with Crippen LogP contribution >= 0.6 is 0 Å². The number of aromatic nitrogens is 1. The van der Waals surface area contributed by atoms with Gasteiger partial charge in [0.2, 0.25) is 0 Å². The maximum absolute atomic E-state index is 12.1. The largest absolute Gasteiger partial charge is 0.485 e. The molecule has 0 N–H and O–H groups in total. The van der Waals surface area contributed by atoms with Crippen molar-refractivity contribution >= 4 is 10.9 Å². The Balaban J connectivity index is 2.52. The number of ether oxygens (including phenoxy) is 1. The first-order chi connectivity index (χ1) is 8.22. The van der Waals surface area contributed by atoms with Crippen LogP contribution in [0.25, 0.3) is 10.9 Å². The highest BCUT2D eigenvalue weighted by molar-refractivity contribution is 5.87. The summed E-state index contributed by atoms with van der Waals surface area (Å²) in [5, 5.41) is 9.45. The van der Waals surface area contributed by atoms with Crippen LogP contribution in [0, 0.1) is 11.3 Å². The quantitative estimate of drug-likeness (QED) is 0.820. The van der Waals surface area contributed by atoms with Crippen molar-refractivity contribution in [1.82, 2.24) is 4.98 Å². The van der Waals surface area contributed by atoms with Gasteiger partial charge in [-0.3, -0.25) is 4.98 Å². The van der Waals surface area contributed by atoms with Crippen molar-refractivity contribution in [3.8, 4) is 11.8 Å². The highest BCUT2D eigenvalue weighted by atomic mass is 19.3. The van der Waals surface area contributed by atoms with Gasteiger partial charge in [0, 0.05) is 11.6 Å². The Morgan fingerprint density at radius 2 is 2.12 bits per heavy atom. The molecule has 17 heavy (non-hydrogen) atoms. The van der Waals surface area contributed by atoms with Gasteiger partial charge in [-0.1, -0.05) is 12.1 Å². The lowest BCUT2D eigenvalue weighted by Gasteiger charge is -2.09. The van der Waals surface area contributed by atoms with Crippen LogP contribution in [0.1, 0.15) is 5.56 Å². The summed E-state index contributed by atoms with van der Waals surface area (Å²) in [5.41, 5.74) is 0.764. The van der Waals surface area contributed by atoms with Gasteiger partial charge in [0.05, 0.1) is 5.52 Å². The van der Waals surface area contributed by atoms with Crippen LogP contribution in [0.3, 0.4) is 0 Å². The number of rotatable bonds is 3. The molecule has 0 aliphatic rings. The number of nitrogens with zero attached hydrogens (tertiary/aromatic N) is 2. The summed E-state index contributed by atoms with van der Waals surface area (Å²) >= 11 is 0. The van der Waals surface area contributed by atoms with E-state index in [9.17, 15) is 8.78 Å². The molecule has 0 aliphatic carbocycles. The molecule has 0 amide bonds. The monoisotopic (exact) mass is 234 g/mol. The number of fused-ring (bicyclic) bond motifs is 1. The second-order valence-electron chi connectivity index (χ2n) is 3.33. The predicted molar refractivity (Wildman–Crippen MR) is 58.0 cm³/mol. The first-order valence-corrected chi connectivity index (χ1v) is 4.91. The van der Waals surface area contributed by atoms with Crippen LogP contribution < -0.4 is 4.74 Å². The average molecular weight is 234 g/mol. The van der Waals surface area contributed by atoms with Gasteiger partial charge in [-0.2, -0.15) is 5.26 Å². The van der Waals surface area contributed by atoms with Crippen molar-refractivity contribution in [2.45, 2.75) is 6.43 Å². The fourth-order valence-corrected chi connectivity index (χ4v) is 1.50. The molecule has 1 aromatic heterocycles. The first kappa shape index (κ1) is 11.3. The fraction of sp³-hybridized carbons (Fsp3) is 0.167. The van der Waals surface area contributed by atoms with E-state index >= 15 is 0 Å². The summed E-state index contributed by atoms with van der Waals surface area (Å²) in [5.74, 6) is 0.165. The van der Waals surface area contributed by atoms with Gasteiger partial charge in [-0.25, -0.2) is 8.78 Å². The molecule has 0 unspecified atom stereocenters. The second kappa shape index (κ2) is 4.74. The zero-order valence-electron chi connectivity index (χ0n) is 8.73. The third-order valence-corrected chi connectivity index (χ3v) is 2.20. The molecule has 0 aliphatic heterocycles. The molecule has 1 heterocycles. The SMILES string of the molecule is N#Cc1cnc2ccccc2c1OCC(F)F. The molecule has 0 atom stereocenters. The number of nitriles is 1. The Labute approximate surface area is 96.3 Å². The van der Waals surface area contributed by atoms with Crippen molar-refractivity contribution in [2.75, 3.05) is 6.61 Å². The van der Waals surface area contributed by atoms with E-state index in [1.165, 1.54) is 6.20 Å². The maximum Gasteiger partial charge on any atom is 0.272 e. The van der Waals surface area contributed by atoms with E-state index in [0.29, 0.717) is 10.9 Å². The van der Waals surface area contributed by atoms with Gasteiger partial charge < -0.3 is 4.74 Å². The molecule has 2 rings (SSSR count). The average Bonchev–Trinajstić information content (AvgIpc) is 2.35. The first-order valence-electron chi connectivity index (χ1n) is 4.91. The molecule has 0 spiro atoms. The normalized spacial score (nSPS) is 10.5. The lowest BCUT2D eigenvalue weighted by Crippen LogP contribution is -2.08. The minimum absolute atomic E-state index is 0.157. The number of alkyl halides is 2. The summed E-state index contributed by atoms with van der Waals surface area (Å²) < 4.78 is 29.3. The van der Waals surface area contributed by atoms with Crippen LogP contribution in [-0.4, -0.2) is 18.0 Å². The number of hydrogen-bond donors (Lipinski definition) is 0. The zero-order chi connectivity index (χ0) is 12.3. The highest BCUT2D eigenvalue weighted by Crippen LogP contribution is 2.27. The van der Waals surface area contributed by atoms with E-state index in [-0.39, 0.29) is 11.3 Å². The fourth-order valence-electron chi connectivity index (χ4n) is 1.50. The highest BCUT2D eigenvalue weighted by Gasteiger charge is 2.12. The summed E-state index contributed by atoms with van der Waals surface area (Å²) in [6, 6.07) is 8.80. The van der Waals surface area contributed by atoms with E-state index in [2.05, 4.69) is 4.98 Å². The molecular formula is C12H8F2N2O. The van der Waals surface area contributed by atoms with E-state index in [1.807, 2.05) is 6.07 Å². The molecule has 3 nitrogen and oxygen atoms in total. The van der Waals surface area contributed by atoms with Crippen molar-refractivity contribution in [3.63, 3.8) is 0 Å². The van der Waals surface area contributed by atoms with E-state index < -0.39 is 13.0 Å². The molecule has 0 radical (unpaired) electrons. The van der Waals surface area contributed by atoms with Crippen LogP contribution in [-0.2, 0) is 0 Å². The van der Waals surface area contributed by atoms with Gasteiger partial charge in [0.1, 0.15) is 24.0 Å². The number of halogens is 2. The van der Waals surface area contributed by atoms with Crippen molar-refractivity contribution < 1.29 is 13.5 Å². The molecule has 86 valence electrons. The van der Waals surface area contributed by atoms with Gasteiger partial charge in [0.15, 0.2) is 0 Å². The smallest absolute Gasteiger partial charge is 0.272 e. The third-order valence-electron chi connectivity index (χ3n) is 2.20. The Morgan fingerprint density at radius 1 is 1.35 bits per heavy atom. The van der Waals surface area contributed by atoms with E-state index in [0.717, 1.165) is 0 Å². The van der Waals surface area contributed by atoms with Crippen LogP contribution in [0.4, 0.5) is 8.78 Å². The Hall–Kier alpha value is -2.22. The van der Waals surface area contributed by atoms with Crippen LogP contribution in [0.2, 0.25) is 0 Å². The standard InChI is InChI=1S/C12H8F2N2O/c13-11(14)7-17-12-8(5-15)6-16-10-4-2-1-3-9(10)12/h1-4,6,11H,7H2. The molecular weight excluding hydrogens is 226 g/mol. The van der Waals surface area contributed by atoms with Gasteiger partial charge >= 0.3 is 0 Å². The Kier molecular flexibility index (Phi) is 3.15. The van der Waals surface area contributed by atoms with Crippen LogP contribution in [0.5, 0.6) is 5.75 Å². The molecule has 0 saturated carbocycles. The topological polar surface area (TPSA) is 45.9 Å². The predicted octanol–water partition coefficient (Wildman–Crippen LogP) is 2.75. The van der Waals surface area contributed by atoms with E-state index in [1.54, 1.807) is 24.3 Å². The zero-order valence-corrected chi connectivity index (χ0v) is 8.73. The van der Waals surface area contributed by atoms with Gasteiger partial charge in [0.25, 0.3) is 6.43 Å². The molecule has 0 saturated heterocycles. The number of para-hydroxylation sites is 1. The van der Waals surface area contributed by atoms with Crippen molar-refractivity contribution in [3.05, 3.63) is 36.0 Å². The minimum Gasteiger partial charge on any atom is -0.485 e. The molecule has 1 aromatic carbocycles. The summed E-state index contributed by atoms with van der Waals surface area (Å²) in [6.07, 6.45) is -1.25. The molecule has 5 heteroatoms. The number of hydrogen-bond acceptors (Lipinski definition) is 3. The minimum atomic E-state index is -2.58. The van der Waals surface area contributed by atoms with Crippen molar-refractivity contribution in [2.24, 2.45) is 0 Å². The Morgan fingerprint density at radius 3 is 2.82 bits per heavy atom. The molecule has 2 aromatic rings. The third kappa shape index (κ3) is 2.31. The summed E-state index contributed by atoms with van der Waals surface area (Å²) in [7, 11) is 0. The maximum atomic E-state index is 12.1. The summed E-state index contributed by atoms with van der Waals surface area (Å²) in [4.78, 5) is 4.05. The number of pyridine rings is 1. The number of benzene rings is 1.